The number of alkyl halides is 3. The van der Waals surface area contributed by atoms with E-state index in [-0.39, 0.29) is 11.5 Å². The van der Waals surface area contributed by atoms with E-state index in [9.17, 15) is 17.6 Å². The molecular formula is C13H18F4N2. The van der Waals surface area contributed by atoms with E-state index in [4.69, 9.17) is 5.84 Å². The lowest BCUT2D eigenvalue weighted by atomic mass is 9.90. The van der Waals surface area contributed by atoms with Crippen LogP contribution in [0.2, 0.25) is 0 Å². The second kappa shape index (κ2) is 6.34. The van der Waals surface area contributed by atoms with Crippen molar-refractivity contribution in [1.82, 2.24) is 5.43 Å². The lowest BCUT2D eigenvalue weighted by Gasteiger charge is -2.24. The second-order valence-corrected chi connectivity index (χ2v) is 4.64. The molecule has 6 heteroatoms. The van der Waals surface area contributed by atoms with Crippen LogP contribution < -0.4 is 11.3 Å². The average molecular weight is 278 g/mol. The summed E-state index contributed by atoms with van der Waals surface area (Å²) >= 11 is 0. The van der Waals surface area contributed by atoms with Gasteiger partial charge in [-0.2, -0.15) is 13.2 Å². The van der Waals surface area contributed by atoms with Crippen LogP contribution in [0.25, 0.3) is 0 Å². The maximum atomic E-state index is 13.7. The minimum Gasteiger partial charge on any atom is -0.271 e. The Hall–Kier alpha value is -1.14. The van der Waals surface area contributed by atoms with Crippen molar-refractivity contribution >= 4 is 0 Å². The predicted molar refractivity (Wildman–Crippen MR) is 65.5 cm³/mol. The summed E-state index contributed by atoms with van der Waals surface area (Å²) in [6.45, 7) is 3.78. The van der Waals surface area contributed by atoms with Gasteiger partial charge in [0.1, 0.15) is 5.82 Å². The number of halogens is 4. The molecule has 0 radical (unpaired) electrons. The normalized spacial score (nSPS) is 15.3. The number of nitrogens with two attached hydrogens (primary N) is 1. The van der Waals surface area contributed by atoms with Crippen molar-refractivity contribution in [2.75, 3.05) is 0 Å². The molecule has 0 saturated heterocycles. The van der Waals surface area contributed by atoms with Crippen LogP contribution >= 0.6 is 0 Å². The van der Waals surface area contributed by atoms with Gasteiger partial charge in [0.2, 0.25) is 0 Å². The minimum absolute atomic E-state index is 0.0433. The number of nitrogens with one attached hydrogen (secondary N) is 1. The van der Waals surface area contributed by atoms with E-state index < -0.39 is 23.6 Å². The second-order valence-electron chi connectivity index (χ2n) is 4.64. The fourth-order valence-electron chi connectivity index (χ4n) is 2.14. The average Bonchev–Trinajstić information content (AvgIpc) is 2.31. The standard InChI is InChI=1S/C13H18F4N2/c1-3-4-8(2)12(19-18)10-7-9(13(15,16)17)5-6-11(10)14/h5-8,12,19H,3-4,18H2,1-2H3. The third-order valence-electron chi connectivity index (χ3n) is 3.15. The largest absolute Gasteiger partial charge is 0.416 e. The molecule has 0 spiro atoms. The number of rotatable bonds is 5. The van der Waals surface area contributed by atoms with Crippen LogP contribution in [-0.2, 0) is 6.18 Å². The summed E-state index contributed by atoms with van der Waals surface area (Å²) in [6, 6.07) is 1.76. The van der Waals surface area contributed by atoms with Gasteiger partial charge in [0.15, 0.2) is 0 Å². The van der Waals surface area contributed by atoms with Crippen LogP contribution in [0.1, 0.15) is 43.9 Å². The van der Waals surface area contributed by atoms with Gasteiger partial charge < -0.3 is 0 Å². The molecule has 0 saturated carbocycles. The maximum Gasteiger partial charge on any atom is 0.416 e. The number of benzene rings is 1. The summed E-state index contributed by atoms with van der Waals surface area (Å²) in [5.41, 5.74) is 1.50. The maximum absolute atomic E-state index is 13.7. The van der Waals surface area contributed by atoms with E-state index in [0.29, 0.717) is 0 Å². The van der Waals surface area contributed by atoms with E-state index >= 15 is 0 Å². The summed E-state index contributed by atoms with van der Waals surface area (Å²) in [5, 5.41) is 0. The summed E-state index contributed by atoms with van der Waals surface area (Å²) in [6.07, 6.45) is -2.90. The molecule has 0 bridgehead atoms. The summed E-state index contributed by atoms with van der Waals surface area (Å²) in [7, 11) is 0. The molecule has 108 valence electrons. The molecule has 0 heterocycles. The SMILES string of the molecule is CCCC(C)C(NN)c1cc(C(F)(F)F)ccc1F. The van der Waals surface area contributed by atoms with Gasteiger partial charge in [-0.3, -0.25) is 11.3 Å². The number of hydrazine groups is 1. The van der Waals surface area contributed by atoms with Gasteiger partial charge >= 0.3 is 6.18 Å². The Morgan fingerprint density at radius 2 is 1.95 bits per heavy atom. The van der Waals surface area contributed by atoms with Crippen LogP contribution in [0.3, 0.4) is 0 Å². The van der Waals surface area contributed by atoms with Gasteiger partial charge in [-0.15, -0.1) is 0 Å². The molecule has 19 heavy (non-hydrogen) atoms. The monoisotopic (exact) mass is 278 g/mol. The van der Waals surface area contributed by atoms with E-state index in [1.54, 1.807) is 0 Å². The highest BCUT2D eigenvalue weighted by atomic mass is 19.4. The highest BCUT2D eigenvalue weighted by molar-refractivity contribution is 5.29. The quantitative estimate of drug-likeness (QED) is 0.488. The smallest absolute Gasteiger partial charge is 0.271 e. The van der Waals surface area contributed by atoms with E-state index in [0.717, 1.165) is 31.0 Å². The Kier molecular flexibility index (Phi) is 5.31. The summed E-state index contributed by atoms with van der Waals surface area (Å²) < 4.78 is 51.7. The summed E-state index contributed by atoms with van der Waals surface area (Å²) in [5.74, 6) is 4.62. The molecule has 1 aromatic rings. The van der Waals surface area contributed by atoms with Crippen LogP contribution in [0.4, 0.5) is 17.6 Å². The Bertz CT molecular complexity index is 418. The first kappa shape index (κ1) is 15.9. The van der Waals surface area contributed by atoms with Crippen molar-refractivity contribution in [2.24, 2.45) is 11.8 Å². The molecule has 2 nitrogen and oxygen atoms in total. The molecule has 0 aliphatic rings. The lowest BCUT2D eigenvalue weighted by molar-refractivity contribution is -0.137. The van der Waals surface area contributed by atoms with Crippen molar-refractivity contribution in [3.63, 3.8) is 0 Å². The zero-order valence-electron chi connectivity index (χ0n) is 10.9. The number of hydrogen-bond donors (Lipinski definition) is 2. The van der Waals surface area contributed by atoms with Gasteiger partial charge in [-0.25, -0.2) is 4.39 Å². The highest BCUT2D eigenvalue weighted by Crippen LogP contribution is 2.34. The number of hydrogen-bond acceptors (Lipinski definition) is 2. The molecule has 2 atom stereocenters. The van der Waals surface area contributed by atoms with Crippen LogP contribution in [-0.4, -0.2) is 0 Å². The summed E-state index contributed by atoms with van der Waals surface area (Å²) in [4.78, 5) is 0. The molecular weight excluding hydrogens is 260 g/mol. The minimum atomic E-state index is -4.49. The third kappa shape index (κ3) is 3.91. The lowest BCUT2D eigenvalue weighted by Crippen LogP contribution is -2.33. The Morgan fingerprint density at radius 3 is 2.42 bits per heavy atom. The fourth-order valence-corrected chi connectivity index (χ4v) is 2.14. The van der Waals surface area contributed by atoms with Crippen molar-refractivity contribution in [1.29, 1.82) is 0 Å². The molecule has 1 rings (SSSR count). The van der Waals surface area contributed by atoms with Crippen LogP contribution in [0.5, 0.6) is 0 Å². The Balaban J connectivity index is 3.16. The van der Waals surface area contributed by atoms with Crippen molar-refractivity contribution < 1.29 is 17.6 Å². The molecule has 3 N–H and O–H groups in total. The topological polar surface area (TPSA) is 38.0 Å². The molecule has 1 aromatic carbocycles. The van der Waals surface area contributed by atoms with Crippen molar-refractivity contribution in [3.8, 4) is 0 Å². The molecule has 0 aliphatic carbocycles. The van der Waals surface area contributed by atoms with E-state index in [2.05, 4.69) is 5.43 Å². The predicted octanol–water partition coefficient (Wildman–Crippen LogP) is 3.79. The van der Waals surface area contributed by atoms with Crippen molar-refractivity contribution in [3.05, 3.63) is 35.1 Å². The van der Waals surface area contributed by atoms with Gasteiger partial charge in [0, 0.05) is 5.56 Å². The fraction of sp³-hybridized carbons (Fsp3) is 0.538. The van der Waals surface area contributed by atoms with Crippen LogP contribution in [0.15, 0.2) is 18.2 Å². The zero-order valence-corrected chi connectivity index (χ0v) is 10.9. The Morgan fingerprint density at radius 1 is 1.32 bits per heavy atom. The zero-order chi connectivity index (χ0) is 14.6. The first-order valence-corrected chi connectivity index (χ1v) is 6.14. The Labute approximate surface area is 110 Å². The highest BCUT2D eigenvalue weighted by Gasteiger charge is 2.32. The first-order valence-electron chi connectivity index (χ1n) is 6.14. The molecule has 0 aliphatic heterocycles. The molecule has 0 fully saturated rings. The first-order chi connectivity index (χ1) is 8.81. The molecule has 0 aromatic heterocycles. The van der Waals surface area contributed by atoms with Gasteiger partial charge in [-0.1, -0.05) is 20.3 Å². The van der Waals surface area contributed by atoms with Gasteiger partial charge in [-0.05, 0) is 30.5 Å². The van der Waals surface area contributed by atoms with E-state index in [1.165, 1.54) is 0 Å². The third-order valence-corrected chi connectivity index (χ3v) is 3.15. The van der Waals surface area contributed by atoms with Crippen molar-refractivity contribution in [2.45, 2.75) is 38.9 Å². The molecule has 0 amide bonds. The van der Waals surface area contributed by atoms with Gasteiger partial charge in [0.25, 0.3) is 0 Å². The van der Waals surface area contributed by atoms with E-state index in [1.807, 2.05) is 13.8 Å². The molecule has 2 unspecified atom stereocenters. The van der Waals surface area contributed by atoms with Crippen LogP contribution in [0, 0.1) is 11.7 Å². The van der Waals surface area contributed by atoms with Gasteiger partial charge in [0.05, 0.1) is 11.6 Å².